The van der Waals surface area contributed by atoms with Crippen LogP contribution in [0.5, 0.6) is 0 Å². The Bertz CT molecular complexity index is 477. The summed E-state index contributed by atoms with van der Waals surface area (Å²) in [5.41, 5.74) is 4.51. The van der Waals surface area contributed by atoms with Crippen molar-refractivity contribution in [3.63, 3.8) is 0 Å². The smallest absolute Gasteiger partial charge is 0.223 e. The Morgan fingerprint density at radius 1 is 1.45 bits per heavy atom. The van der Waals surface area contributed by atoms with Crippen molar-refractivity contribution in [3.8, 4) is 0 Å². The lowest BCUT2D eigenvalue weighted by Crippen LogP contribution is -2.31. The van der Waals surface area contributed by atoms with E-state index in [0.29, 0.717) is 12.0 Å². The molecular weight excluding hydrogens is 276 g/mol. The van der Waals surface area contributed by atoms with Crippen LogP contribution >= 0.6 is 0 Å². The molecule has 0 aromatic carbocycles. The third kappa shape index (κ3) is 6.67. The summed E-state index contributed by atoms with van der Waals surface area (Å²) in [5, 5.41) is 9.89. The molecule has 1 heterocycles. The molecule has 0 aliphatic heterocycles. The Morgan fingerprint density at radius 3 is 2.64 bits per heavy atom. The summed E-state index contributed by atoms with van der Waals surface area (Å²) in [5.74, 6) is 0.631. The molecular formula is C16H28N6. The van der Waals surface area contributed by atoms with Crippen LogP contribution in [0, 0.1) is 0 Å². The van der Waals surface area contributed by atoms with Gasteiger partial charge in [-0.25, -0.2) is 9.97 Å². The largest absolute Gasteiger partial charge is 0.352 e. The van der Waals surface area contributed by atoms with Gasteiger partial charge in [-0.15, -0.1) is 0 Å². The van der Waals surface area contributed by atoms with Crippen LogP contribution in [0.25, 0.3) is 5.57 Å². The van der Waals surface area contributed by atoms with E-state index in [4.69, 9.17) is 0 Å². The predicted molar refractivity (Wildman–Crippen MR) is 93.8 cm³/mol. The average Bonchev–Trinajstić information content (AvgIpc) is 2.44. The fraction of sp³-hybridized carbons (Fsp3) is 0.562. The van der Waals surface area contributed by atoms with Crippen molar-refractivity contribution in [1.82, 2.24) is 20.7 Å². The van der Waals surface area contributed by atoms with Gasteiger partial charge in [0.15, 0.2) is 0 Å². The van der Waals surface area contributed by atoms with Gasteiger partial charge in [-0.3, -0.25) is 5.43 Å². The number of hydrogen-bond acceptors (Lipinski definition) is 6. The second-order valence-electron chi connectivity index (χ2n) is 5.60. The lowest BCUT2D eigenvalue weighted by Gasteiger charge is -2.23. The Labute approximate surface area is 133 Å². The molecule has 0 atom stereocenters. The summed E-state index contributed by atoms with van der Waals surface area (Å²) in [4.78, 5) is 8.51. The lowest BCUT2D eigenvalue weighted by atomic mass is 9.94. The summed E-state index contributed by atoms with van der Waals surface area (Å²) < 4.78 is 0. The number of hydrazone groups is 1. The summed E-state index contributed by atoms with van der Waals surface area (Å²) in [6.45, 7) is 9.36. The van der Waals surface area contributed by atoms with Crippen molar-refractivity contribution < 1.29 is 0 Å². The maximum absolute atomic E-state index is 4.37. The first-order valence-electron chi connectivity index (χ1n) is 7.72. The number of allylic oxidation sites excluding steroid dienone is 1. The van der Waals surface area contributed by atoms with Crippen molar-refractivity contribution in [3.05, 3.63) is 24.2 Å². The van der Waals surface area contributed by atoms with E-state index >= 15 is 0 Å². The van der Waals surface area contributed by atoms with Gasteiger partial charge in [0.1, 0.15) is 0 Å². The van der Waals surface area contributed by atoms with Crippen molar-refractivity contribution in [1.29, 1.82) is 0 Å². The van der Waals surface area contributed by atoms with Gasteiger partial charge in [0.25, 0.3) is 0 Å². The molecule has 0 saturated heterocycles. The van der Waals surface area contributed by atoms with Crippen LogP contribution in [-0.4, -0.2) is 35.8 Å². The van der Waals surface area contributed by atoms with Crippen LogP contribution in [-0.2, 0) is 0 Å². The molecule has 1 aliphatic carbocycles. The first-order valence-corrected chi connectivity index (χ1v) is 7.72. The molecule has 3 N–H and O–H groups in total. The minimum absolute atomic E-state index is 0.313. The quantitative estimate of drug-likeness (QED) is 0.556. The van der Waals surface area contributed by atoms with E-state index in [0.717, 1.165) is 17.3 Å². The molecule has 0 amide bonds. The SMILES string of the molecule is C=NN/C=C(\C)c1ccnc(NC(C)C)n1.CNC1CCC1. The van der Waals surface area contributed by atoms with Gasteiger partial charge in [0.05, 0.1) is 5.69 Å². The standard InChI is InChI=1S/C11H17N5.C5H11N/c1-8(2)15-11-13-6-5-10(16-11)9(3)7-14-12-4;1-6-5-3-2-4-5/h5-8,14H,4H2,1-3H3,(H,13,15,16);5-6H,2-4H2,1H3/b9-7+;. The van der Waals surface area contributed by atoms with E-state index in [1.54, 1.807) is 12.4 Å². The molecule has 2 rings (SSSR count). The maximum atomic E-state index is 4.37. The van der Waals surface area contributed by atoms with E-state index in [9.17, 15) is 0 Å². The Kier molecular flexibility index (Phi) is 8.14. The zero-order valence-corrected chi connectivity index (χ0v) is 14.1. The molecule has 0 bridgehead atoms. The molecule has 122 valence electrons. The third-order valence-corrected chi connectivity index (χ3v) is 3.36. The Hall–Kier alpha value is -1.95. The topological polar surface area (TPSA) is 74.2 Å². The van der Waals surface area contributed by atoms with Gasteiger partial charge < -0.3 is 10.6 Å². The van der Waals surface area contributed by atoms with Gasteiger partial charge in [-0.2, -0.15) is 5.10 Å². The minimum atomic E-state index is 0.313. The minimum Gasteiger partial charge on any atom is -0.352 e. The van der Waals surface area contributed by atoms with Crippen LogP contribution in [0.15, 0.2) is 23.6 Å². The highest BCUT2D eigenvalue weighted by atomic mass is 15.3. The molecule has 1 aromatic rings. The lowest BCUT2D eigenvalue weighted by molar-refractivity contribution is 0.361. The summed E-state index contributed by atoms with van der Waals surface area (Å²) in [6, 6.07) is 3.03. The summed E-state index contributed by atoms with van der Waals surface area (Å²) in [6.07, 6.45) is 7.71. The fourth-order valence-electron chi connectivity index (χ4n) is 1.82. The molecule has 0 radical (unpaired) electrons. The monoisotopic (exact) mass is 304 g/mol. The predicted octanol–water partition coefficient (Wildman–Crippen LogP) is 2.62. The zero-order valence-electron chi connectivity index (χ0n) is 14.1. The normalized spacial score (nSPS) is 14.7. The Morgan fingerprint density at radius 2 is 2.18 bits per heavy atom. The van der Waals surface area contributed by atoms with E-state index in [1.165, 1.54) is 19.3 Å². The van der Waals surface area contributed by atoms with Crippen LogP contribution in [0.1, 0.15) is 45.7 Å². The molecule has 1 saturated carbocycles. The second-order valence-corrected chi connectivity index (χ2v) is 5.60. The van der Waals surface area contributed by atoms with Gasteiger partial charge in [0, 0.05) is 31.2 Å². The second kappa shape index (κ2) is 9.89. The van der Waals surface area contributed by atoms with Gasteiger partial charge in [0.2, 0.25) is 5.95 Å². The van der Waals surface area contributed by atoms with Crippen molar-refractivity contribution in [2.75, 3.05) is 12.4 Å². The number of nitrogens with one attached hydrogen (secondary N) is 3. The van der Waals surface area contributed by atoms with Gasteiger partial charge >= 0.3 is 0 Å². The number of anilines is 1. The number of aromatic nitrogens is 2. The number of hydrogen-bond donors (Lipinski definition) is 3. The summed E-state index contributed by atoms with van der Waals surface area (Å²) in [7, 11) is 2.03. The van der Waals surface area contributed by atoms with E-state index in [2.05, 4.69) is 37.8 Å². The molecule has 0 spiro atoms. The van der Waals surface area contributed by atoms with Gasteiger partial charge in [-0.05, 0) is 52.3 Å². The highest BCUT2D eigenvalue weighted by Crippen LogP contribution is 2.16. The van der Waals surface area contributed by atoms with Crippen LogP contribution in [0.4, 0.5) is 5.95 Å². The van der Waals surface area contributed by atoms with Crippen LogP contribution in [0.2, 0.25) is 0 Å². The average molecular weight is 304 g/mol. The molecule has 1 aliphatic rings. The molecule has 1 fully saturated rings. The first-order chi connectivity index (χ1) is 10.6. The van der Waals surface area contributed by atoms with Gasteiger partial charge in [-0.1, -0.05) is 6.42 Å². The highest BCUT2D eigenvalue weighted by molar-refractivity contribution is 5.60. The van der Waals surface area contributed by atoms with E-state index in [-0.39, 0.29) is 0 Å². The third-order valence-electron chi connectivity index (χ3n) is 3.36. The molecule has 22 heavy (non-hydrogen) atoms. The zero-order chi connectivity index (χ0) is 16.4. The van der Waals surface area contributed by atoms with Crippen molar-refractivity contribution >= 4 is 18.2 Å². The molecule has 1 aromatic heterocycles. The van der Waals surface area contributed by atoms with E-state index in [1.807, 2.05) is 33.9 Å². The summed E-state index contributed by atoms with van der Waals surface area (Å²) >= 11 is 0. The molecule has 0 unspecified atom stereocenters. The highest BCUT2D eigenvalue weighted by Gasteiger charge is 2.13. The van der Waals surface area contributed by atoms with Crippen LogP contribution in [0.3, 0.4) is 0 Å². The maximum Gasteiger partial charge on any atom is 0.223 e. The molecule has 6 heteroatoms. The molecule has 6 nitrogen and oxygen atoms in total. The fourth-order valence-corrected chi connectivity index (χ4v) is 1.82. The van der Waals surface area contributed by atoms with E-state index < -0.39 is 0 Å². The Balaban J connectivity index is 0.000000335. The number of nitrogens with zero attached hydrogens (tertiary/aromatic N) is 3. The van der Waals surface area contributed by atoms with Crippen LogP contribution < -0.4 is 16.1 Å². The van der Waals surface area contributed by atoms with Crippen molar-refractivity contribution in [2.45, 2.75) is 52.1 Å². The van der Waals surface area contributed by atoms with Crippen molar-refractivity contribution in [2.24, 2.45) is 5.10 Å². The number of rotatable bonds is 6. The first kappa shape index (κ1) is 18.1.